The molecule has 0 aliphatic rings. The largest absolute Gasteiger partial charge is 0.314 e. The second kappa shape index (κ2) is 5.28. The molecular weight excluding hydrogens is 230 g/mol. The molecule has 1 rings (SSSR count). The molecule has 0 aromatic heterocycles. The fourth-order valence-electron chi connectivity index (χ4n) is 1.02. The summed E-state index contributed by atoms with van der Waals surface area (Å²) in [6.45, 7) is 1.61. The van der Waals surface area contributed by atoms with Crippen molar-refractivity contribution in [3.63, 3.8) is 0 Å². The first kappa shape index (κ1) is 12.9. The quantitative estimate of drug-likeness (QED) is 0.826. The van der Waals surface area contributed by atoms with Crippen molar-refractivity contribution in [1.29, 1.82) is 5.26 Å². The Morgan fingerprint density at radius 2 is 2.19 bits per heavy atom. The molecule has 0 saturated carbocycles. The highest BCUT2D eigenvalue weighted by atomic mass is 32.2. The Morgan fingerprint density at radius 3 is 2.81 bits per heavy atom. The molecule has 2 nitrogen and oxygen atoms in total. The van der Waals surface area contributed by atoms with Gasteiger partial charge < -0.3 is 5.73 Å². The van der Waals surface area contributed by atoms with Crippen LogP contribution >= 0.6 is 11.8 Å². The standard InChI is InChI=1S/C11H12F2N2S/c1-11(15,7-14)4-5-16-10-6-8(12)2-3-9(10)13/h2-3,6H,4-5,15H2,1H3. The van der Waals surface area contributed by atoms with Gasteiger partial charge in [-0.2, -0.15) is 5.26 Å². The zero-order valence-corrected chi connectivity index (χ0v) is 9.65. The van der Waals surface area contributed by atoms with E-state index >= 15 is 0 Å². The van der Waals surface area contributed by atoms with Gasteiger partial charge in [0.25, 0.3) is 0 Å². The van der Waals surface area contributed by atoms with Crippen LogP contribution in [0.3, 0.4) is 0 Å². The van der Waals surface area contributed by atoms with Gasteiger partial charge in [-0.05, 0) is 31.5 Å². The van der Waals surface area contributed by atoms with Crippen LogP contribution in [0.15, 0.2) is 23.1 Å². The summed E-state index contributed by atoms with van der Waals surface area (Å²) in [6.07, 6.45) is 0.421. The summed E-state index contributed by atoms with van der Waals surface area (Å²) in [5.41, 5.74) is 4.69. The van der Waals surface area contributed by atoms with Crippen molar-refractivity contribution < 1.29 is 8.78 Å². The summed E-state index contributed by atoms with van der Waals surface area (Å²) < 4.78 is 26.0. The van der Waals surface area contributed by atoms with E-state index < -0.39 is 17.2 Å². The molecule has 86 valence electrons. The summed E-state index contributed by atoms with van der Waals surface area (Å²) >= 11 is 1.16. The minimum atomic E-state index is -0.920. The lowest BCUT2D eigenvalue weighted by Crippen LogP contribution is -2.34. The van der Waals surface area contributed by atoms with Crippen molar-refractivity contribution in [3.05, 3.63) is 29.8 Å². The first-order valence-electron chi connectivity index (χ1n) is 4.72. The molecule has 0 aliphatic carbocycles. The molecule has 2 N–H and O–H groups in total. The second-order valence-electron chi connectivity index (χ2n) is 3.70. The predicted octanol–water partition coefficient (Wildman–Crippen LogP) is 2.69. The van der Waals surface area contributed by atoms with Crippen molar-refractivity contribution >= 4 is 11.8 Å². The van der Waals surface area contributed by atoms with E-state index in [1.165, 1.54) is 0 Å². The lowest BCUT2D eigenvalue weighted by molar-refractivity contribution is 0.573. The number of nitriles is 1. The van der Waals surface area contributed by atoms with Gasteiger partial charge >= 0.3 is 0 Å². The van der Waals surface area contributed by atoms with Crippen molar-refractivity contribution in [1.82, 2.24) is 0 Å². The Morgan fingerprint density at radius 1 is 1.50 bits per heavy atom. The minimum Gasteiger partial charge on any atom is -0.314 e. The van der Waals surface area contributed by atoms with Gasteiger partial charge in [0.05, 0.1) is 6.07 Å². The van der Waals surface area contributed by atoms with Gasteiger partial charge in [0, 0.05) is 10.6 Å². The van der Waals surface area contributed by atoms with E-state index in [0.29, 0.717) is 12.2 Å². The molecule has 1 unspecified atom stereocenters. The normalized spacial score (nSPS) is 14.2. The highest BCUT2D eigenvalue weighted by molar-refractivity contribution is 7.99. The molecule has 0 fully saturated rings. The van der Waals surface area contributed by atoms with Gasteiger partial charge in [0.2, 0.25) is 0 Å². The third-order valence-electron chi connectivity index (χ3n) is 2.03. The molecule has 5 heteroatoms. The Bertz CT molecular complexity index is 413. The fourth-order valence-corrected chi connectivity index (χ4v) is 2.16. The fraction of sp³-hybridized carbons (Fsp3) is 0.364. The van der Waals surface area contributed by atoms with Gasteiger partial charge in [0.1, 0.15) is 17.2 Å². The number of hydrogen-bond acceptors (Lipinski definition) is 3. The van der Waals surface area contributed by atoms with Crippen LogP contribution in [-0.4, -0.2) is 11.3 Å². The molecule has 0 heterocycles. The molecule has 1 aromatic rings. The van der Waals surface area contributed by atoms with Crippen LogP contribution in [0.5, 0.6) is 0 Å². The number of nitrogens with two attached hydrogens (primary N) is 1. The van der Waals surface area contributed by atoms with E-state index in [9.17, 15) is 8.78 Å². The third kappa shape index (κ3) is 3.80. The SMILES string of the molecule is CC(N)(C#N)CCSc1cc(F)ccc1F. The molecular formula is C11H12F2N2S. The maximum atomic E-state index is 13.2. The summed E-state index contributed by atoms with van der Waals surface area (Å²) in [4.78, 5) is 0.244. The molecule has 0 aliphatic heterocycles. The third-order valence-corrected chi connectivity index (χ3v) is 3.06. The number of halogens is 2. The highest BCUT2D eigenvalue weighted by Gasteiger charge is 2.17. The van der Waals surface area contributed by atoms with E-state index in [1.807, 2.05) is 6.07 Å². The van der Waals surface area contributed by atoms with Crippen LogP contribution < -0.4 is 5.73 Å². The van der Waals surface area contributed by atoms with Crippen molar-refractivity contribution in [3.8, 4) is 6.07 Å². The van der Waals surface area contributed by atoms with Crippen LogP contribution in [0.4, 0.5) is 8.78 Å². The summed E-state index contributed by atoms with van der Waals surface area (Å²) in [6, 6.07) is 5.25. The van der Waals surface area contributed by atoms with Gasteiger partial charge in [-0.15, -0.1) is 11.8 Å². The van der Waals surface area contributed by atoms with Crippen LogP contribution in [0, 0.1) is 23.0 Å². The van der Waals surface area contributed by atoms with Crippen molar-refractivity contribution in [2.45, 2.75) is 23.8 Å². The molecule has 0 amide bonds. The van der Waals surface area contributed by atoms with E-state index in [-0.39, 0.29) is 4.90 Å². The zero-order valence-electron chi connectivity index (χ0n) is 8.84. The number of thioether (sulfide) groups is 1. The van der Waals surface area contributed by atoms with Gasteiger partial charge in [-0.25, -0.2) is 8.78 Å². The van der Waals surface area contributed by atoms with Gasteiger partial charge in [-0.3, -0.25) is 0 Å². The second-order valence-corrected chi connectivity index (χ2v) is 4.84. The summed E-state index contributed by atoms with van der Waals surface area (Å²) in [7, 11) is 0. The first-order valence-corrected chi connectivity index (χ1v) is 5.71. The molecule has 0 saturated heterocycles. The molecule has 1 aromatic carbocycles. The van der Waals surface area contributed by atoms with Gasteiger partial charge in [-0.1, -0.05) is 0 Å². The maximum absolute atomic E-state index is 13.2. The van der Waals surface area contributed by atoms with E-state index in [1.54, 1.807) is 6.92 Å². The Hall–Kier alpha value is -1.12. The van der Waals surface area contributed by atoms with Crippen molar-refractivity contribution in [2.24, 2.45) is 5.73 Å². The molecule has 16 heavy (non-hydrogen) atoms. The highest BCUT2D eigenvalue weighted by Crippen LogP contribution is 2.24. The Labute approximate surface area is 97.4 Å². The molecule has 0 spiro atoms. The Kier molecular flexibility index (Phi) is 4.27. The maximum Gasteiger partial charge on any atom is 0.136 e. The summed E-state index contributed by atoms with van der Waals surface area (Å²) in [5, 5.41) is 8.67. The lowest BCUT2D eigenvalue weighted by Gasteiger charge is -2.14. The van der Waals surface area contributed by atoms with Crippen LogP contribution in [0.25, 0.3) is 0 Å². The van der Waals surface area contributed by atoms with Crippen molar-refractivity contribution in [2.75, 3.05) is 5.75 Å². The molecule has 1 atom stereocenters. The number of benzene rings is 1. The topological polar surface area (TPSA) is 49.8 Å². The van der Waals surface area contributed by atoms with E-state index in [2.05, 4.69) is 0 Å². The first-order chi connectivity index (χ1) is 7.44. The smallest absolute Gasteiger partial charge is 0.136 e. The van der Waals surface area contributed by atoms with Crippen LogP contribution in [-0.2, 0) is 0 Å². The minimum absolute atomic E-state index is 0.244. The van der Waals surface area contributed by atoms with Gasteiger partial charge in [0.15, 0.2) is 0 Å². The van der Waals surface area contributed by atoms with E-state index in [0.717, 1.165) is 30.0 Å². The lowest BCUT2D eigenvalue weighted by atomic mass is 10.0. The monoisotopic (exact) mass is 242 g/mol. The molecule has 0 bridgehead atoms. The van der Waals surface area contributed by atoms with E-state index in [4.69, 9.17) is 11.0 Å². The van der Waals surface area contributed by atoms with Crippen LogP contribution in [0.2, 0.25) is 0 Å². The average Bonchev–Trinajstić information content (AvgIpc) is 2.23. The number of nitrogens with zero attached hydrogens (tertiary/aromatic N) is 1. The molecule has 0 radical (unpaired) electrons. The summed E-state index contributed by atoms with van der Waals surface area (Å²) in [5.74, 6) is -0.456. The zero-order chi connectivity index (χ0) is 12.2. The number of hydrogen-bond donors (Lipinski definition) is 1. The van der Waals surface area contributed by atoms with Crippen LogP contribution in [0.1, 0.15) is 13.3 Å². The number of rotatable bonds is 4. The Balaban J connectivity index is 2.56. The predicted molar refractivity (Wildman–Crippen MR) is 59.9 cm³/mol. The average molecular weight is 242 g/mol.